The lowest BCUT2D eigenvalue weighted by molar-refractivity contribution is -0.0151. The molecule has 1 rings (SSSR count). The molecular formula is C11H17NO2. The van der Waals surface area contributed by atoms with Gasteiger partial charge in [0.2, 0.25) is 0 Å². The number of ether oxygens (including phenoxy) is 1. The Morgan fingerprint density at radius 3 is 2.57 bits per heavy atom. The molecule has 0 saturated carbocycles. The van der Waals surface area contributed by atoms with Gasteiger partial charge in [0.1, 0.15) is 5.75 Å². The van der Waals surface area contributed by atoms with E-state index < -0.39 is 0 Å². The smallest absolute Gasteiger partial charge is 0.137 e. The molecule has 1 aromatic rings. The molecule has 3 heteroatoms. The molecule has 0 bridgehead atoms. The summed E-state index contributed by atoms with van der Waals surface area (Å²) in [6.45, 7) is 8.23. The molecule has 1 heterocycles. The maximum atomic E-state index is 9.41. The number of hydrogen-bond donors (Lipinski definition) is 1. The van der Waals surface area contributed by atoms with Gasteiger partial charge in [-0.1, -0.05) is 0 Å². The Hall–Kier alpha value is -1.09. The molecule has 78 valence electrons. The van der Waals surface area contributed by atoms with Gasteiger partial charge in [0.05, 0.1) is 17.9 Å². The molecule has 0 aliphatic heterocycles. The Labute approximate surface area is 84.7 Å². The number of rotatable bonds is 2. The predicted molar refractivity (Wildman–Crippen MR) is 55.2 cm³/mol. The van der Waals surface area contributed by atoms with Gasteiger partial charge in [-0.3, -0.25) is 4.98 Å². The lowest BCUT2D eigenvalue weighted by Crippen LogP contribution is -2.18. The summed E-state index contributed by atoms with van der Waals surface area (Å²) in [6.07, 6.45) is 1.72. The van der Waals surface area contributed by atoms with Crippen molar-refractivity contribution >= 4 is 0 Å². The normalized spacial score (nSPS) is 11.7. The molecule has 0 atom stereocenters. The lowest BCUT2D eigenvalue weighted by Gasteiger charge is -2.19. The zero-order valence-electron chi connectivity index (χ0n) is 9.16. The molecule has 1 N–H and O–H groups in total. The van der Waals surface area contributed by atoms with Crippen molar-refractivity contribution in [3.05, 3.63) is 23.5 Å². The third-order valence-corrected chi connectivity index (χ3v) is 1.79. The van der Waals surface area contributed by atoms with Gasteiger partial charge in [-0.15, -0.1) is 0 Å². The lowest BCUT2D eigenvalue weighted by atomic mass is 10.2. The first-order valence-electron chi connectivity index (χ1n) is 4.67. The Bertz CT molecular complexity index is 316. The molecular weight excluding hydrogens is 178 g/mol. The van der Waals surface area contributed by atoms with E-state index in [1.54, 1.807) is 19.2 Å². The zero-order valence-corrected chi connectivity index (χ0v) is 9.16. The van der Waals surface area contributed by atoms with Gasteiger partial charge in [0.15, 0.2) is 0 Å². The highest BCUT2D eigenvalue weighted by atomic mass is 16.5. The predicted octanol–water partition coefficient (Wildman–Crippen LogP) is 2.41. The Morgan fingerprint density at radius 2 is 2.07 bits per heavy atom. The van der Waals surface area contributed by atoms with E-state index in [9.17, 15) is 5.11 Å². The van der Waals surface area contributed by atoms with Crippen LogP contribution in [0, 0.1) is 6.92 Å². The molecule has 0 spiro atoms. The van der Waals surface area contributed by atoms with Crippen LogP contribution in [-0.2, 0) is 11.3 Å². The maximum Gasteiger partial charge on any atom is 0.137 e. The minimum Gasteiger partial charge on any atom is -0.506 e. The van der Waals surface area contributed by atoms with E-state index in [-0.39, 0.29) is 11.4 Å². The molecule has 0 saturated heterocycles. The van der Waals surface area contributed by atoms with Crippen LogP contribution in [0.15, 0.2) is 12.3 Å². The summed E-state index contributed by atoms with van der Waals surface area (Å²) in [5.41, 5.74) is 1.37. The first-order valence-corrected chi connectivity index (χ1v) is 4.67. The highest BCUT2D eigenvalue weighted by molar-refractivity contribution is 5.28. The van der Waals surface area contributed by atoms with Crippen molar-refractivity contribution < 1.29 is 9.84 Å². The van der Waals surface area contributed by atoms with Gasteiger partial charge in [-0.2, -0.15) is 0 Å². The molecule has 3 nitrogen and oxygen atoms in total. The molecule has 0 fully saturated rings. The van der Waals surface area contributed by atoms with E-state index in [4.69, 9.17) is 4.74 Å². The average molecular weight is 195 g/mol. The van der Waals surface area contributed by atoms with E-state index in [1.807, 2.05) is 20.8 Å². The van der Waals surface area contributed by atoms with E-state index in [0.29, 0.717) is 12.3 Å². The maximum absolute atomic E-state index is 9.41. The van der Waals surface area contributed by atoms with Crippen LogP contribution in [0.25, 0.3) is 0 Å². The molecule has 0 aliphatic rings. The monoisotopic (exact) mass is 195 g/mol. The van der Waals surface area contributed by atoms with Gasteiger partial charge < -0.3 is 9.84 Å². The molecule has 0 amide bonds. The quantitative estimate of drug-likeness (QED) is 0.788. The van der Waals surface area contributed by atoms with Crippen molar-refractivity contribution in [1.29, 1.82) is 0 Å². The fourth-order valence-corrected chi connectivity index (χ4v) is 0.942. The van der Waals surface area contributed by atoms with Crippen LogP contribution in [0.1, 0.15) is 32.0 Å². The SMILES string of the molecule is Cc1ncc(COC(C)(C)C)cc1O. The second-order valence-electron chi connectivity index (χ2n) is 4.35. The minimum absolute atomic E-state index is 0.166. The number of aromatic nitrogens is 1. The van der Waals surface area contributed by atoms with Crippen molar-refractivity contribution in [1.82, 2.24) is 4.98 Å². The van der Waals surface area contributed by atoms with Crippen molar-refractivity contribution in [3.63, 3.8) is 0 Å². The highest BCUT2D eigenvalue weighted by Gasteiger charge is 2.10. The van der Waals surface area contributed by atoms with Crippen molar-refractivity contribution in [2.45, 2.75) is 39.9 Å². The summed E-state index contributed by atoms with van der Waals surface area (Å²) in [5.74, 6) is 0.222. The second-order valence-corrected chi connectivity index (χ2v) is 4.35. The standard InChI is InChI=1S/C11H17NO2/c1-8-10(13)5-9(6-12-8)7-14-11(2,3)4/h5-6,13H,7H2,1-4H3. The average Bonchev–Trinajstić information content (AvgIpc) is 2.06. The Morgan fingerprint density at radius 1 is 1.43 bits per heavy atom. The third-order valence-electron chi connectivity index (χ3n) is 1.79. The minimum atomic E-state index is -0.166. The summed E-state index contributed by atoms with van der Waals surface area (Å²) in [6, 6.07) is 1.69. The van der Waals surface area contributed by atoms with Crippen LogP contribution >= 0.6 is 0 Å². The van der Waals surface area contributed by atoms with Crippen molar-refractivity contribution in [3.8, 4) is 5.75 Å². The van der Waals surface area contributed by atoms with Crippen molar-refractivity contribution in [2.24, 2.45) is 0 Å². The molecule has 14 heavy (non-hydrogen) atoms. The van der Waals surface area contributed by atoms with E-state index in [1.165, 1.54) is 0 Å². The number of aromatic hydroxyl groups is 1. The van der Waals surface area contributed by atoms with Crippen molar-refractivity contribution in [2.75, 3.05) is 0 Å². The second kappa shape index (κ2) is 3.96. The van der Waals surface area contributed by atoms with Crippen LogP contribution in [-0.4, -0.2) is 15.7 Å². The summed E-state index contributed by atoms with van der Waals surface area (Å²) in [7, 11) is 0. The fraction of sp³-hybridized carbons (Fsp3) is 0.545. The van der Waals surface area contributed by atoms with Gasteiger partial charge >= 0.3 is 0 Å². The largest absolute Gasteiger partial charge is 0.506 e. The summed E-state index contributed by atoms with van der Waals surface area (Å²) in [5, 5.41) is 9.41. The number of nitrogens with zero attached hydrogens (tertiary/aromatic N) is 1. The summed E-state index contributed by atoms with van der Waals surface area (Å²) >= 11 is 0. The van der Waals surface area contributed by atoms with Crippen LogP contribution in [0.4, 0.5) is 0 Å². The Balaban J connectivity index is 2.65. The molecule has 0 radical (unpaired) electrons. The van der Waals surface area contributed by atoms with Gasteiger partial charge in [0.25, 0.3) is 0 Å². The van der Waals surface area contributed by atoms with Gasteiger partial charge in [-0.25, -0.2) is 0 Å². The molecule has 1 aromatic heterocycles. The number of pyridine rings is 1. The topological polar surface area (TPSA) is 42.4 Å². The van der Waals surface area contributed by atoms with Gasteiger partial charge in [-0.05, 0) is 39.3 Å². The van der Waals surface area contributed by atoms with E-state index in [2.05, 4.69) is 4.98 Å². The first-order chi connectivity index (χ1) is 6.38. The van der Waals surface area contributed by atoms with Crippen LogP contribution < -0.4 is 0 Å². The number of hydrogen-bond acceptors (Lipinski definition) is 3. The van der Waals surface area contributed by atoms with Crippen LogP contribution in [0.2, 0.25) is 0 Å². The third kappa shape index (κ3) is 3.34. The fourth-order valence-electron chi connectivity index (χ4n) is 0.942. The number of aryl methyl sites for hydroxylation is 1. The summed E-state index contributed by atoms with van der Waals surface area (Å²) < 4.78 is 5.56. The highest BCUT2D eigenvalue weighted by Crippen LogP contribution is 2.17. The summed E-state index contributed by atoms with van der Waals surface area (Å²) in [4.78, 5) is 4.05. The van der Waals surface area contributed by atoms with Gasteiger partial charge in [0, 0.05) is 6.20 Å². The first kappa shape index (κ1) is 11.0. The van der Waals surface area contributed by atoms with E-state index >= 15 is 0 Å². The van der Waals surface area contributed by atoms with Crippen LogP contribution in [0.5, 0.6) is 5.75 Å². The van der Waals surface area contributed by atoms with Crippen LogP contribution in [0.3, 0.4) is 0 Å². The zero-order chi connectivity index (χ0) is 10.8. The molecule has 0 unspecified atom stereocenters. The molecule has 0 aliphatic carbocycles. The van der Waals surface area contributed by atoms with E-state index in [0.717, 1.165) is 5.56 Å². The molecule has 0 aromatic carbocycles. The Kier molecular flexibility index (Phi) is 3.11.